The second-order valence-electron chi connectivity index (χ2n) is 3.40. The highest BCUT2D eigenvalue weighted by molar-refractivity contribution is 7.89. The third-order valence-corrected chi connectivity index (χ3v) is 3.59. The molecule has 0 radical (unpaired) electrons. The van der Waals surface area contributed by atoms with Gasteiger partial charge in [-0.1, -0.05) is 0 Å². The average Bonchev–Trinajstić information content (AvgIpc) is 2.57. The normalized spacial score (nSPS) is 12.7. The first-order chi connectivity index (χ1) is 8.04. The topological polar surface area (TPSA) is 99.3 Å². The van der Waals surface area contributed by atoms with Crippen LogP contribution in [-0.4, -0.2) is 37.2 Å². The molecule has 0 aromatic carbocycles. The van der Waals surface area contributed by atoms with E-state index in [2.05, 4.69) is 4.98 Å². The van der Waals surface area contributed by atoms with E-state index >= 15 is 0 Å². The number of H-pyrrole nitrogens is 1. The van der Waals surface area contributed by atoms with Crippen LogP contribution in [0.25, 0.3) is 0 Å². The summed E-state index contributed by atoms with van der Waals surface area (Å²) in [4.78, 5) is 12.3. The summed E-state index contributed by atoms with van der Waals surface area (Å²) in [7, 11) is -4.40. The molecular weight excluding hydrogens is 277 g/mol. The molecule has 1 aromatic heterocycles. The predicted octanol–water partition coefficient (Wildman–Crippen LogP) is 0.862. The van der Waals surface area contributed by atoms with Gasteiger partial charge in [0.2, 0.25) is 10.0 Å². The Morgan fingerprint density at radius 1 is 1.50 bits per heavy atom. The first-order valence-electron chi connectivity index (χ1n) is 4.52. The molecule has 18 heavy (non-hydrogen) atoms. The third kappa shape index (κ3) is 3.23. The Kier molecular flexibility index (Phi) is 3.72. The molecule has 0 fully saturated rings. The highest BCUT2D eigenvalue weighted by Crippen LogP contribution is 2.20. The lowest BCUT2D eigenvalue weighted by atomic mass is 10.3. The molecule has 0 aliphatic heterocycles. The molecule has 0 aliphatic rings. The number of carbonyl (C=O) groups is 1. The summed E-state index contributed by atoms with van der Waals surface area (Å²) in [6.45, 7) is -0.537. The first-order valence-corrected chi connectivity index (χ1v) is 6.00. The number of nitrogens with one attached hydrogen (secondary N) is 2. The minimum atomic E-state index is -4.69. The van der Waals surface area contributed by atoms with E-state index in [1.807, 2.05) is 0 Å². The molecule has 10 heteroatoms. The molecule has 0 bridgehead atoms. The van der Waals surface area contributed by atoms with Crippen molar-refractivity contribution in [2.24, 2.45) is 0 Å². The maximum atomic E-state index is 11.9. The number of alkyl halides is 3. The monoisotopic (exact) mass is 286 g/mol. The molecule has 0 amide bonds. The molecule has 1 rings (SSSR count). The van der Waals surface area contributed by atoms with Gasteiger partial charge in [0, 0.05) is 11.8 Å². The molecule has 0 atom stereocenters. The summed E-state index contributed by atoms with van der Waals surface area (Å²) in [6, 6.07) is 0. The van der Waals surface area contributed by atoms with Crippen LogP contribution in [0.3, 0.4) is 0 Å². The number of aromatic amines is 1. The van der Waals surface area contributed by atoms with Gasteiger partial charge < -0.3 is 10.1 Å². The highest BCUT2D eigenvalue weighted by atomic mass is 32.2. The summed E-state index contributed by atoms with van der Waals surface area (Å²) in [5.74, 6) is -1.40. The fraction of sp³-hybridized carbons (Fsp3) is 0.375. The maximum absolute atomic E-state index is 11.9. The molecule has 0 spiro atoms. The molecule has 1 aromatic rings. The molecule has 3 N–H and O–H groups in total. The van der Waals surface area contributed by atoms with Crippen molar-refractivity contribution in [1.29, 1.82) is 0 Å². The van der Waals surface area contributed by atoms with Gasteiger partial charge >= 0.3 is 12.1 Å². The van der Waals surface area contributed by atoms with E-state index < -0.39 is 33.6 Å². The maximum Gasteiger partial charge on any atom is 0.402 e. The zero-order valence-corrected chi connectivity index (χ0v) is 9.82. The Hall–Kier alpha value is -1.55. The molecule has 0 saturated carbocycles. The van der Waals surface area contributed by atoms with Crippen molar-refractivity contribution in [1.82, 2.24) is 9.71 Å². The van der Waals surface area contributed by atoms with Crippen molar-refractivity contribution < 1.29 is 31.5 Å². The fourth-order valence-corrected chi connectivity index (χ4v) is 2.46. The van der Waals surface area contributed by atoms with Crippen molar-refractivity contribution in [3.05, 3.63) is 17.5 Å². The lowest BCUT2D eigenvalue weighted by Gasteiger charge is -2.08. The number of hydrogen-bond donors (Lipinski definition) is 3. The summed E-state index contributed by atoms with van der Waals surface area (Å²) < 4.78 is 60.1. The van der Waals surface area contributed by atoms with Crippen LogP contribution in [0.4, 0.5) is 13.2 Å². The van der Waals surface area contributed by atoms with Crippen LogP contribution < -0.4 is 4.72 Å². The number of aromatic carboxylic acids is 1. The smallest absolute Gasteiger partial charge is 0.402 e. The van der Waals surface area contributed by atoms with Crippen molar-refractivity contribution in [2.45, 2.75) is 18.0 Å². The van der Waals surface area contributed by atoms with Gasteiger partial charge in [0.15, 0.2) is 0 Å². The summed E-state index contributed by atoms with van der Waals surface area (Å²) in [5.41, 5.74) is -0.542. The Morgan fingerprint density at radius 2 is 2.06 bits per heavy atom. The molecule has 0 unspecified atom stereocenters. The van der Waals surface area contributed by atoms with Gasteiger partial charge in [0.1, 0.15) is 17.1 Å². The fourth-order valence-electron chi connectivity index (χ4n) is 1.23. The number of halogens is 3. The molecule has 6 nitrogen and oxygen atoms in total. The van der Waals surface area contributed by atoms with E-state index in [9.17, 15) is 26.4 Å². The molecular formula is C8H9F3N2O4S. The van der Waals surface area contributed by atoms with E-state index in [0.29, 0.717) is 0 Å². The first kappa shape index (κ1) is 14.5. The summed E-state index contributed by atoms with van der Waals surface area (Å²) in [6.07, 6.45) is -3.86. The van der Waals surface area contributed by atoms with Crippen LogP contribution in [0, 0.1) is 6.92 Å². The van der Waals surface area contributed by atoms with Crippen LogP contribution in [-0.2, 0) is 10.0 Å². The quantitative estimate of drug-likeness (QED) is 0.764. The van der Waals surface area contributed by atoms with Crippen LogP contribution in [0.5, 0.6) is 0 Å². The van der Waals surface area contributed by atoms with Crippen molar-refractivity contribution in [3.63, 3.8) is 0 Å². The zero-order chi connectivity index (χ0) is 14.1. The van der Waals surface area contributed by atoms with Crippen molar-refractivity contribution in [2.75, 3.05) is 6.54 Å². The number of carboxylic acid groups (broad SMARTS) is 1. The van der Waals surface area contributed by atoms with Gasteiger partial charge in [-0.15, -0.1) is 0 Å². The van der Waals surface area contributed by atoms with E-state index in [1.165, 1.54) is 11.6 Å². The van der Waals surface area contributed by atoms with Crippen molar-refractivity contribution in [3.8, 4) is 0 Å². The Morgan fingerprint density at radius 3 is 2.44 bits per heavy atom. The number of rotatable bonds is 4. The van der Waals surface area contributed by atoms with Crippen LogP contribution in [0.15, 0.2) is 11.1 Å². The lowest BCUT2D eigenvalue weighted by molar-refractivity contribution is -0.121. The Balaban J connectivity index is 3.03. The van der Waals surface area contributed by atoms with Crippen LogP contribution in [0.1, 0.15) is 16.1 Å². The minimum Gasteiger partial charge on any atom is -0.477 e. The van der Waals surface area contributed by atoms with E-state index in [0.717, 1.165) is 6.20 Å². The van der Waals surface area contributed by atoms with Crippen LogP contribution in [0.2, 0.25) is 0 Å². The molecule has 0 aliphatic carbocycles. The number of hydrogen-bond acceptors (Lipinski definition) is 3. The average molecular weight is 286 g/mol. The second kappa shape index (κ2) is 4.61. The van der Waals surface area contributed by atoms with E-state index in [1.54, 1.807) is 0 Å². The largest absolute Gasteiger partial charge is 0.477 e. The summed E-state index contributed by atoms with van der Waals surface area (Å²) >= 11 is 0. The van der Waals surface area contributed by atoms with Crippen LogP contribution >= 0.6 is 0 Å². The molecule has 0 saturated heterocycles. The van der Waals surface area contributed by atoms with Gasteiger partial charge in [-0.3, -0.25) is 0 Å². The standard InChI is InChI=1S/C8H9F3N2O4S/c1-4-5(2-12-6(4)7(14)15)18(16,17)13-3-8(9,10)11/h2,12-13H,3H2,1H3,(H,14,15). The minimum absolute atomic E-state index is 0.155. The SMILES string of the molecule is Cc1c(S(=O)(=O)NCC(F)(F)F)c[nH]c1C(=O)O. The Labute approximate surface area is 99.9 Å². The lowest BCUT2D eigenvalue weighted by Crippen LogP contribution is -2.33. The Bertz CT molecular complexity index is 561. The van der Waals surface area contributed by atoms with Gasteiger partial charge in [-0.25, -0.2) is 17.9 Å². The number of sulfonamides is 1. The van der Waals surface area contributed by atoms with E-state index in [4.69, 9.17) is 5.11 Å². The van der Waals surface area contributed by atoms with E-state index in [-0.39, 0.29) is 11.3 Å². The van der Waals surface area contributed by atoms with Gasteiger partial charge in [-0.2, -0.15) is 13.2 Å². The molecule has 102 valence electrons. The van der Waals surface area contributed by atoms with Gasteiger partial charge in [-0.05, 0) is 6.92 Å². The van der Waals surface area contributed by atoms with Gasteiger partial charge in [0.25, 0.3) is 0 Å². The summed E-state index contributed by atoms with van der Waals surface area (Å²) in [5, 5.41) is 8.68. The predicted molar refractivity (Wildman–Crippen MR) is 53.7 cm³/mol. The molecule has 1 heterocycles. The number of aromatic nitrogens is 1. The third-order valence-electron chi connectivity index (χ3n) is 2.06. The highest BCUT2D eigenvalue weighted by Gasteiger charge is 2.31. The van der Waals surface area contributed by atoms with Gasteiger partial charge in [0.05, 0.1) is 0 Å². The number of carboxylic acids is 1. The second-order valence-corrected chi connectivity index (χ2v) is 5.13. The zero-order valence-electron chi connectivity index (χ0n) is 9.00. The van der Waals surface area contributed by atoms with Crippen molar-refractivity contribution >= 4 is 16.0 Å².